The quantitative estimate of drug-likeness (QED) is 0.774. The summed E-state index contributed by atoms with van der Waals surface area (Å²) in [5.41, 5.74) is 1.86. The molecule has 1 aliphatic carbocycles. The normalized spacial score (nSPS) is 19.6. The predicted molar refractivity (Wildman–Crippen MR) is 95.8 cm³/mol. The number of hydrogen-bond donors (Lipinski definition) is 3. The first kappa shape index (κ1) is 18.2. The van der Waals surface area contributed by atoms with E-state index in [0.717, 1.165) is 49.3 Å². The molecule has 5 nitrogen and oxygen atoms in total. The summed E-state index contributed by atoms with van der Waals surface area (Å²) in [6.07, 6.45) is 5.12. The van der Waals surface area contributed by atoms with Gasteiger partial charge in [0, 0.05) is 18.0 Å². The van der Waals surface area contributed by atoms with Crippen LogP contribution in [0.2, 0.25) is 0 Å². The van der Waals surface area contributed by atoms with E-state index in [9.17, 15) is 9.59 Å². The summed E-state index contributed by atoms with van der Waals surface area (Å²) in [5, 5.41) is 9.87. The number of carbonyl (C=O) groups excluding carboxylic acids is 2. The maximum Gasteiger partial charge on any atom is 0.254 e. The van der Waals surface area contributed by atoms with E-state index in [1.54, 1.807) is 11.3 Å². The van der Waals surface area contributed by atoms with Crippen LogP contribution in [0.25, 0.3) is 0 Å². The molecule has 1 aromatic rings. The molecule has 2 heterocycles. The highest BCUT2D eigenvalue weighted by atomic mass is 35.5. The molecule has 3 N–H and O–H groups in total. The number of hydrogen-bond acceptors (Lipinski definition) is 4. The number of rotatable bonds is 4. The van der Waals surface area contributed by atoms with Gasteiger partial charge in [0.15, 0.2) is 0 Å². The van der Waals surface area contributed by atoms with Crippen molar-refractivity contribution >= 4 is 40.6 Å². The highest BCUT2D eigenvalue weighted by Gasteiger charge is 2.28. The average molecular weight is 358 g/mol. The number of thiophene rings is 1. The first-order valence-electron chi connectivity index (χ1n) is 8.15. The van der Waals surface area contributed by atoms with Crippen LogP contribution >= 0.6 is 23.7 Å². The summed E-state index contributed by atoms with van der Waals surface area (Å²) >= 11 is 1.59. The number of nitrogens with one attached hydrogen (secondary N) is 3. The fraction of sp³-hybridized carbons (Fsp3) is 0.625. The average Bonchev–Trinajstić information content (AvgIpc) is 3.14. The maximum absolute atomic E-state index is 12.4. The molecule has 1 saturated heterocycles. The Morgan fingerprint density at radius 2 is 2.09 bits per heavy atom. The van der Waals surface area contributed by atoms with Gasteiger partial charge in [0.1, 0.15) is 5.00 Å². The van der Waals surface area contributed by atoms with Crippen molar-refractivity contribution in [2.24, 2.45) is 5.92 Å². The van der Waals surface area contributed by atoms with Gasteiger partial charge in [-0.05, 0) is 51.1 Å². The van der Waals surface area contributed by atoms with Gasteiger partial charge in [0.25, 0.3) is 5.91 Å². The van der Waals surface area contributed by atoms with Crippen molar-refractivity contribution in [1.82, 2.24) is 10.6 Å². The van der Waals surface area contributed by atoms with Gasteiger partial charge in [-0.3, -0.25) is 9.59 Å². The Balaban J connectivity index is 0.00000192. The molecular formula is C16H24ClN3O2S. The highest BCUT2D eigenvalue weighted by Crippen LogP contribution is 2.38. The largest absolute Gasteiger partial charge is 0.352 e. The van der Waals surface area contributed by atoms with Gasteiger partial charge in [-0.1, -0.05) is 0 Å². The van der Waals surface area contributed by atoms with Gasteiger partial charge in [0.05, 0.1) is 11.5 Å². The molecule has 1 aliphatic heterocycles. The van der Waals surface area contributed by atoms with Gasteiger partial charge in [-0.15, -0.1) is 23.7 Å². The minimum Gasteiger partial charge on any atom is -0.352 e. The Morgan fingerprint density at radius 1 is 1.30 bits per heavy atom. The summed E-state index contributed by atoms with van der Waals surface area (Å²) in [6, 6.07) is 0. The van der Waals surface area contributed by atoms with Crippen molar-refractivity contribution < 1.29 is 9.59 Å². The molecule has 7 heteroatoms. The van der Waals surface area contributed by atoms with Crippen LogP contribution < -0.4 is 16.0 Å². The first-order valence-corrected chi connectivity index (χ1v) is 8.96. The smallest absolute Gasteiger partial charge is 0.254 e. The molecule has 0 saturated carbocycles. The summed E-state index contributed by atoms with van der Waals surface area (Å²) < 4.78 is 0. The van der Waals surface area contributed by atoms with Crippen LogP contribution in [-0.2, 0) is 17.6 Å². The summed E-state index contributed by atoms with van der Waals surface area (Å²) in [5.74, 6) is -0.00268. The molecule has 1 aromatic heterocycles. The van der Waals surface area contributed by atoms with Crippen molar-refractivity contribution in [3.63, 3.8) is 0 Å². The molecule has 23 heavy (non-hydrogen) atoms. The Labute approximate surface area is 147 Å². The number of anilines is 1. The molecule has 0 bridgehead atoms. The molecule has 1 unspecified atom stereocenters. The molecule has 3 rings (SSSR count). The number of amides is 2. The minimum atomic E-state index is -0.0539. The molecular weight excluding hydrogens is 334 g/mol. The van der Waals surface area contributed by atoms with Crippen molar-refractivity contribution in [1.29, 1.82) is 0 Å². The lowest BCUT2D eigenvalue weighted by molar-refractivity contribution is -0.119. The van der Waals surface area contributed by atoms with Gasteiger partial charge in [0.2, 0.25) is 5.91 Å². The molecule has 1 fully saturated rings. The van der Waals surface area contributed by atoms with E-state index in [1.807, 2.05) is 6.92 Å². The SMILES string of the molecule is CCNC(=O)c1c(NC(=O)C2CCNC2)sc2c1CCCC2.Cl. The Hall–Kier alpha value is -1.11. The zero-order chi connectivity index (χ0) is 15.5. The third-order valence-corrected chi connectivity index (χ3v) is 5.61. The van der Waals surface area contributed by atoms with E-state index in [0.29, 0.717) is 12.1 Å². The van der Waals surface area contributed by atoms with Crippen LogP contribution in [0, 0.1) is 5.92 Å². The van der Waals surface area contributed by atoms with Crippen LogP contribution in [0.1, 0.15) is 47.0 Å². The topological polar surface area (TPSA) is 70.2 Å². The molecule has 2 amide bonds. The molecule has 0 aromatic carbocycles. The molecule has 1 atom stereocenters. The zero-order valence-corrected chi connectivity index (χ0v) is 15.0. The number of carbonyl (C=O) groups is 2. The van der Waals surface area contributed by atoms with Crippen LogP contribution in [-0.4, -0.2) is 31.4 Å². The lowest BCUT2D eigenvalue weighted by atomic mass is 9.95. The second-order valence-corrected chi connectivity index (χ2v) is 7.06. The van der Waals surface area contributed by atoms with Crippen LogP contribution in [0.5, 0.6) is 0 Å². The van der Waals surface area contributed by atoms with E-state index in [-0.39, 0.29) is 30.1 Å². The summed E-state index contributed by atoms with van der Waals surface area (Å²) in [4.78, 5) is 26.1. The molecule has 2 aliphatic rings. The minimum absolute atomic E-state index is 0. The van der Waals surface area contributed by atoms with E-state index in [4.69, 9.17) is 0 Å². The van der Waals surface area contributed by atoms with E-state index >= 15 is 0 Å². The second-order valence-electron chi connectivity index (χ2n) is 5.95. The third-order valence-electron chi connectivity index (χ3n) is 4.40. The van der Waals surface area contributed by atoms with Crippen LogP contribution in [0.4, 0.5) is 5.00 Å². The highest BCUT2D eigenvalue weighted by molar-refractivity contribution is 7.17. The van der Waals surface area contributed by atoms with Crippen molar-refractivity contribution in [2.75, 3.05) is 25.0 Å². The molecule has 0 spiro atoms. The Morgan fingerprint density at radius 3 is 2.78 bits per heavy atom. The van der Waals surface area contributed by atoms with Gasteiger partial charge < -0.3 is 16.0 Å². The lowest BCUT2D eigenvalue weighted by Crippen LogP contribution is -2.28. The fourth-order valence-corrected chi connectivity index (χ4v) is 4.53. The zero-order valence-electron chi connectivity index (χ0n) is 13.4. The molecule has 0 radical (unpaired) electrons. The first-order chi connectivity index (χ1) is 10.7. The van der Waals surface area contributed by atoms with Crippen molar-refractivity contribution in [3.05, 3.63) is 16.0 Å². The third kappa shape index (κ3) is 3.87. The van der Waals surface area contributed by atoms with E-state index in [1.165, 1.54) is 11.3 Å². The van der Waals surface area contributed by atoms with Crippen molar-refractivity contribution in [3.8, 4) is 0 Å². The standard InChI is InChI=1S/C16H23N3O2S.ClH/c1-2-18-15(21)13-11-5-3-4-6-12(11)22-16(13)19-14(20)10-7-8-17-9-10;/h10,17H,2-9H2,1H3,(H,18,21)(H,19,20);1H. The van der Waals surface area contributed by atoms with Crippen molar-refractivity contribution in [2.45, 2.75) is 39.0 Å². The number of aryl methyl sites for hydroxylation is 1. The van der Waals surface area contributed by atoms with Gasteiger partial charge in [-0.2, -0.15) is 0 Å². The van der Waals surface area contributed by atoms with Crippen LogP contribution in [0.3, 0.4) is 0 Å². The summed E-state index contributed by atoms with van der Waals surface area (Å²) in [6.45, 7) is 4.14. The Bertz CT molecular complexity index is 582. The maximum atomic E-state index is 12.4. The predicted octanol–water partition coefficient (Wildman–Crippen LogP) is 2.35. The second kappa shape index (κ2) is 8.13. The lowest BCUT2D eigenvalue weighted by Gasteiger charge is -2.13. The van der Waals surface area contributed by atoms with Gasteiger partial charge >= 0.3 is 0 Å². The van der Waals surface area contributed by atoms with E-state index in [2.05, 4.69) is 16.0 Å². The van der Waals surface area contributed by atoms with Gasteiger partial charge in [-0.25, -0.2) is 0 Å². The summed E-state index contributed by atoms with van der Waals surface area (Å²) in [7, 11) is 0. The molecule has 128 valence electrons. The van der Waals surface area contributed by atoms with Crippen LogP contribution in [0.15, 0.2) is 0 Å². The monoisotopic (exact) mass is 357 g/mol. The number of halogens is 1. The Kier molecular flexibility index (Phi) is 6.44. The van der Waals surface area contributed by atoms with E-state index < -0.39 is 0 Å². The number of fused-ring (bicyclic) bond motifs is 1. The fourth-order valence-electron chi connectivity index (χ4n) is 3.24.